The first-order chi connectivity index (χ1) is 13.4. The molecule has 1 aliphatic heterocycles. The summed E-state index contributed by atoms with van der Waals surface area (Å²) in [5.74, 6) is 1.44. The number of ether oxygens (including phenoxy) is 1. The van der Waals surface area contributed by atoms with E-state index in [1.54, 1.807) is 13.3 Å². The number of aliphatic imine (C=N–C) groups is 1. The van der Waals surface area contributed by atoms with Gasteiger partial charge in [-0.3, -0.25) is 4.79 Å². The van der Waals surface area contributed by atoms with Crippen molar-refractivity contribution in [3.8, 4) is 0 Å². The molecule has 0 unspecified atom stereocenters. The minimum Gasteiger partial charge on any atom is -0.377 e. The number of piperidine rings is 1. The molecule has 1 aromatic heterocycles. The molecule has 1 fully saturated rings. The number of pyridine rings is 1. The lowest BCUT2D eigenvalue weighted by Gasteiger charge is -2.32. The third-order valence-electron chi connectivity index (χ3n) is 5.05. The number of hydrogen-bond acceptors (Lipinski definition) is 5. The Balaban J connectivity index is 2.06. The van der Waals surface area contributed by atoms with Gasteiger partial charge in [-0.05, 0) is 39.7 Å². The van der Waals surface area contributed by atoms with Crippen LogP contribution in [0, 0.1) is 5.92 Å². The summed E-state index contributed by atoms with van der Waals surface area (Å²) >= 11 is 0. The normalized spacial score (nSPS) is 16.1. The Hall–Kier alpha value is -2.35. The molecule has 1 saturated heterocycles. The number of carbonyl (C=O) groups is 1. The molecule has 8 heteroatoms. The summed E-state index contributed by atoms with van der Waals surface area (Å²) in [7, 11) is 1.70. The van der Waals surface area contributed by atoms with Crippen molar-refractivity contribution in [1.82, 2.24) is 15.6 Å². The molecule has 0 aromatic carbocycles. The Labute approximate surface area is 167 Å². The molecule has 0 radical (unpaired) electrons. The van der Waals surface area contributed by atoms with E-state index in [-0.39, 0.29) is 17.4 Å². The molecular weight excluding hydrogens is 356 g/mol. The van der Waals surface area contributed by atoms with Gasteiger partial charge in [0.2, 0.25) is 5.91 Å². The van der Waals surface area contributed by atoms with E-state index in [0.717, 1.165) is 49.8 Å². The molecule has 0 bridgehead atoms. The lowest BCUT2D eigenvalue weighted by Crippen LogP contribution is -2.45. The van der Waals surface area contributed by atoms with Crippen molar-refractivity contribution < 1.29 is 9.53 Å². The van der Waals surface area contributed by atoms with Gasteiger partial charge in [0.1, 0.15) is 5.82 Å². The van der Waals surface area contributed by atoms with Gasteiger partial charge in [-0.1, -0.05) is 6.07 Å². The Bertz CT molecular complexity index is 668. The van der Waals surface area contributed by atoms with Gasteiger partial charge in [0, 0.05) is 51.0 Å². The van der Waals surface area contributed by atoms with Gasteiger partial charge in [-0.2, -0.15) is 0 Å². The van der Waals surface area contributed by atoms with Crippen LogP contribution in [0.4, 0.5) is 5.82 Å². The van der Waals surface area contributed by atoms with Crippen LogP contribution in [-0.2, 0) is 16.1 Å². The Kier molecular flexibility index (Phi) is 8.04. The van der Waals surface area contributed by atoms with Crippen molar-refractivity contribution in [2.24, 2.45) is 16.6 Å². The molecule has 0 atom stereocenters. The standard InChI is InChI=1S/C20H34N6O2/c1-5-22-19(25-14-20(2,3)28-4)24-13-16-7-6-10-23-18(16)26-11-8-15(9-12-26)17(21)27/h6-7,10,15H,5,8-9,11-14H2,1-4H3,(H2,21,27)(H2,22,24,25). The van der Waals surface area contributed by atoms with Crippen molar-refractivity contribution in [2.75, 3.05) is 38.2 Å². The zero-order chi connectivity index (χ0) is 20.6. The second-order valence-electron chi connectivity index (χ2n) is 7.66. The second-order valence-corrected chi connectivity index (χ2v) is 7.66. The van der Waals surface area contributed by atoms with Crippen LogP contribution in [0.2, 0.25) is 0 Å². The number of aromatic nitrogens is 1. The molecule has 1 amide bonds. The van der Waals surface area contributed by atoms with Gasteiger partial charge in [0.05, 0.1) is 12.1 Å². The predicted octanol–water partition coefficient (Wildman–Crippen LogP) is 1.26. The summed E-state index contributed by atoms with van der Waals surface area (Å²) in [4.78, 5) is 22.9. The van der Waals surface area contributed by atoms with E-state index in [2.05, 4.69) is 26.6 Å². The zero-order valence-electron chi connectivity index (χ0n) is 17.5. The SMILES string of the molecule is CCNC(=NCc1cccnc1N1CCC(C(N)=O)CC1)NCC(C)(C)OC. The topological polar surface area (TPSA) is 105 Å². The summed E-state index contributed by atoms with van der Waals surface area (Å²) < 4.78 is 5.46. The Morgan fingerprint density at radius 1 is 1.39 bits per heavy atom. The van der Waals surface area contributed by atoms with E-state index < -0.39 is 0 Å². The van der Waals surface area contributed by atoms with Crippen LogP contribution >= 0.6 is 0 Å². The number of nitrogens with one attached hydrogen (secondary N) is 2. The summed E-state index contributed by atoms with van der Waals surface area (Å²) in [5.41, 5.74) is 6.23. The third kappa shape index (κ3) is 6.37. The first kappa shape index (κ1) is 21.9. The van der Waals surface area contributed by atoms with E-state index >= 15 is 0 Å². The van der Waals surface area contributed by atoms with E-state index in [4.69, 9.17) is 15.5 Å². The van der Waals surface area contributed by atoms with Crippen LogP contribution in [0.25, 0.3) is 0 Å². The third-order valence-corrected chi connectivity index (χ3v) is 5.05. The van der Waals surface area contributed by atoms with Crippen LogP contribution in [0.1, 0.15) is 39.2 Å². The monoisotopic (exact) mass is 390 g/mol. The highest BCUT2D eigenvalue weighted by Gasteiger charge is 2.25. The number of amides is 1. The molecule has 1 aromatic rings. The highest BCUT2D eigenvalue weighted by molar-refractivity contribution is 5.80. The van der Waals surface area contributed by atoms with E-state index in [9.17, 15) is 4.79 Å². The minimum atomic E-state index is -0.277. The maximum absolute atomic E-state index is 11.4. The molecule has 2 heterocycles. The molecule has 28 heavy (non-hydrogen) atoms. The number of guanidine groups is 1. The van der Waals surface area contributed by atoms with Crippen molar-refractivity contribution in [2.45, 2.75) is 45.8 Å². The first-order valence-electron chi connectivity index (χ1n) is 9.91. The minimum absolute atomic E-state index is 0.0323. The van der Waals surface area contributed by atoms with Crippen molar-refractivity contribution in [1.29, 1.82) is 0 Å². The van der Waals surface area contributed by atoms with E-state index in [1.807, 2.05) is 26.8 Å². The van der Waals surface area contributed by atoms with Crippen LogP contribution < -0.4 is 21.3 Å². The Morgan fingerprint density at radius 3 is 2.71 bits per heavy atom. The number of anilines is 1. The van der Waals surface area contributed by atoms with Crippen molar-refractivity contribution in [3.05, 3.63) is 23.9 Å². The van der Waals surface area contributed by atoms with Gasteiger partial charge >= 0.3 is 0 Å². The van der Waals surface area contributed by atoms with E-state index in [0.29, 0.717) is 13.1 Å². The molecule has 8 nitrogen and oxygen atoms in total. The highest BCUT2D eigenvalue weighted by atomic mass is 16.5. The first-order valence-corrected chi connectivity index (χ1v) is 9.91. The number of methoxy groups -OCH3 is 1. The molecule has 0 saturated carbocycles. The second kappa shape index (κ2) is 10.3. The molecule has 0 spiro atoms. The largest absolute Gasteiger partial charge is 0.377 e. The highest BCUT2D eigenvalue weighted by Crippen LogP contribution is 2.24. The van der Waals surface area contributed by atoms with Gasteiger partial charge in [0.15, 0.2) is 5.96 Å². The lowest BCUT2D eigenvalue weighted by molar-refractivity contribution is -0.122. The smallest absolute Gasteiger partial charge is 0.220 e. The average molecular weight is 391 g/mol. The maximum Gasteiger partial charge on any atom is 0.220 e. The fourth-order valence-electron chi connectivity index (χ4n) is 3.09. The fourth-order valence-corrected chi connectivity index (χ4v) is 3.09. The fraction of sp³-hybridized carbons (Fsp3) is 0.650. The van der Waals surface area contributed by atoms with Crippen LogP contribution in [0.3, 0.4) is 0 Å². The zero-order valence-corrected chi connectivity index (χ0v) is 17.5. The number of hydrogen-bond donors (Lipinski definition) is 3. The van der Waals surface area contributed by atoms with Gasteiger partial charge in [-0.15, -0.1) is 0 Å². The van der Waals surface area contributed by atoms with Gasteiger partial charge in [-0.25, -0.2) is 9.98 Å². The van der Waals surface area contributed by atoms with Gasteiger partial charge < -0.3 is 26.0 Å². The van der Waals surface area contributed by atoms with E-state index in [1.165, 1.54) is 0 Å². The van der Waals surface area contributed by atoms with Crippen molar-refractivity contribution in [3.63, 3.8) is 0 Å². The quantitative estimate of drug-likeness (QED) is 0.456. The molecule has 2 rings (SSSR count). The average Bonchev–Trinajstić information content (AvgIpc) is 2.70. The molecule has 1 aliphatic rings. The van der Waals surface area contributed by atoms with Crippen molar-refractivity contribution >= 4 is 17.7 Å². The number of primary amides is 1. The maximum atomic E-state index is 11.4. The number of carbonyl (C=O) groups excluding carboxylic acids is 1. The number of nitrogens with two attached hydrogens (primary N) is 1. The summed E-state index contributed by atoms with van der Waals surface area (Å²) in [6, 6.07) is 3.98. The summed E-state index contributed by atoms with van der Waals surface area (Å²) in [5, 5.41) is 6.59. The Morgan fingerprint density at radius 2 is 2.11 bits per heavy atom. The van der Waals surface area contributed by atoms with Crippen LogP contribution in [0.15, 0.2) is 23.3 Å². The summed E-state index contributed by atoms with van der Waals surface area (Å²) in [6.45, 7) is 9.59. The van der Waals surface area contributed by atoms with Crippen LogP contribution in [-0.4, -0.2) is 55.7 Å². The molecule has 0 aliphatic carbocycles. The summed E-state index contributed by atoms with van der Waals surface area (Å²) in [6.07, 6.45) is 3.34. The number of nitrogens with zero attached hydrogens (tertiary/aromatic N) is 3. The van der Waals surface area contributed by atoms with Crippen LogP contribution in [0.5, 0.6) is 0 Å². The lowest BCUT2D eigenvalue weighted by atomic mass is 9.96. The molecular formula is C20H34N6O2. The van der Waals surface area contributed by atoms with Gasteiger partial charge in [0.25, 0.3) is 0 Å². The molecule has 156 valence electrons. The number of rotatable bonds is 8. The molecule has 4 N–H and O–H groups in total. The predicted molar refractivity (Wildman–Crippen MR) is 112 cm³/mol.